The van der Waals surface area contributed by atoms with Gasteiger partial charge in [-0.1, -0.05) is 6.07 Å². The molecule has 1 aromatic carbocycles. The number of fused-ring (bicyclic) bond motifs is 1. The molecule has 1 aliphatic carbocycles. The molecule has 2 N–H and O–H groups in total. The molecular formula is C16H19N3O2. The van der Waals surface area contributed by atoms with Gasteiger partial charge in [0.2, 0.25) is 0 Å². The van der Waals surface area contributed by atoms with Crippen molar-refractivity contribution in [1.82, 2.24) is 15.5 Å². The summed E-state index contributed by atoms with van der Waals surface area (Å²) in [6, 6.07) is 8.66. The van der Waals surface area contributed by atoms with Crippen molar-refractivity contribution in [3.8, 4) is 11.5 Å². The highest BCUT2D eigenvalue weighted by Crippen LogP contribution is 2.43. The van der Waals surface area contributed by atoms with Gasteiger partial charge in [-0.15, -0.1) is 0 Å². The number of rotatable bonds is 5. The van der Waals surface area contributed by atoms with E-state index < -0.39 is 0 Å². The van der Waals surface area contributed by atoms with Crippen molar-refractivity contribution >= 4 is 0 Å². The Morgan fingerprint density at radius 1 is 1.19 bits per heavy atom. The van der Waals surface area contributed by atoms with Gasteiger partial charge in [0.25, 0.3) is 0 Å². The summed E-state index contributed by atoms with van der Waals surface area (Å²) >= 11 is 0. The van der Waals surface area contributed by atoms with Gasteiger partial charge in [-0.3, -0.25) is 5.10 Å². The number of benzene rings is 1. The topological polar surface area (TPSA) is 59.2 Å². The summed E-state index contributed by atoms with van der Waals surface area (Å²) in [6.07, 6.45) is 4.36. The Kier molecular flexibility index (Phi) is 3.27. The van der Waals surface area contributed by atoms with Gasteiger partial charge in [0.1, 0.15) is 13.2 Å². The Balaban J connectivity index is 1.53. The largest absolute Gasteiger partial charge is 0.486 e. The van der Waals surface area contributed by atoms with E-state index in [0.717, 1.165) is 29.7 Å². The fourth-order valence-electron chi connectivity index (χ4n) is 2.84. The Labute approximate surface area is 123 Å². The molecule has 0 bridgehead atoms. The van der Waals surface area contributed by atoms with Crippen molar-refractivity contribution < 1.29 is 9.47 Å². The molecule has 0 amide bonds. The highest BCUT2D eigenvalue weighted by Gasteiger charge is 2.32. The van der Waals surface area contributed by atoms with Crippen LogP contribution >= 0.6 is 0 Å². The molecule has 1 saturated carbocycles. The monoisotopic (exact) mass is 285 g/mol. The highest BCUT2D eigenvalue weighted by molar-refractivity contribution is 5.45. The second-order valence-corrected chi connectivity index (χ2v) is 5.68. The molecular weight excluding hydrogens is 266 g/mol. The van der Waals surface area contributed by atoms with Gasteiger partial charge in [0.05, 0.1) is 0 Å². The zero-order valence-corrected chi connectivity index (χ0v) is 11.8. The van der Waals surface area contributed by atoms with E-state index in [0.29, 0.717) is 19.3 Å². The minimum Gasteiger partial charge on any atom is -0.486 e. The Morgan fingerprint density at radius 3 is 2.81 bits per heavy atom. The molecule has 2 aromatic rings. The summed E-state index contributed by atoms with van der Waals surface area (Å²) in [6.45, 7) is 2.07. The van der Waals surface area contributed by atoms with Crippen molar-refractivity contribution in [1.29, 1.82) is 0 Å². The van der Waals surface area contributed by atoms with Crippen molar-refractivity contribution in [3.05, 3.63) is 41.7 Å². The van der Waals surface area contributed by atoms with E-state index >= 15 is 0 Å². The highest BCUT2D eigenvalue weighted by atomic mass is 16.6. The van der Waals surface area contributed by atoms with E-state index in [1.54, 1.807) is 6.20 Å². The first-order valence-electron chi connectivity index (χ1n) is 7.51. The maximum Gasteiger partial charge on any atom is 0.161 e. The van der Waals surface area contributed by atoms with Crippen LogP contribution in [0.2, 0.25) is 0 Å². The van der Waals surface area contributed by atoms with Crippen molar-refractivity contribution in [2.45, 2.75) is 25.4 Å². The lowest BCUT2D eigenvalue weighted by Crippen LogP contribution is -2.23. The first kappa shape index (κ1) is 12.7. The number of aromatic amines is 1. The molecule has 2 heterocycles. The minimum atomic E-state index is 0.365. The molecule has 1 aliphatic heterocycles. The Morgan fingerprint density at radius 2 is 2.05 bits per heavy atom. The number of hydrogen-bond acceptors (Lipinski definition) is 4. The van der Waals surface area contributed by atoms with E-state index in [9.17, 15) is 0 Å². The first-order chi connectivity index (χ1) is 10.4. The summed E-state index contributed by atoms with van der Waals surface area (Å²) in [5.74, 6) is 2.44. The molecule has 21 heavy (non-hydrogen) atoms. The van der Waals surface area contributed by atoms with Crippen molar-refractivity contribution in [2.75, 3.05) is 13.2 Å². The summed E-state index contributed by atoms with van der Waals surface area (Å²) in [5.41, 5.74) is 2.39. The van der Waals surface area contributed by atoms with Crippen LogP contribution in [0.5, 0.6) is 11.5 Å². The Bertz CT molecular complexity index is 608. The van der Waals surface area contributed by atoms with Gasteiger partial charge < -0.3 is 14.8 Å². The first-order valence-corrected chi connectivity index (χ1v) is 7.51. The summed E-state index contributed by atoms with van der Waals surface area (Å²) in [4.78, 5) is 0. The SMILES string of the molecule is c1cc(CNC(c2ccc3c(c2)OCCO3)C2CC2)[nH]n1. The van der Waals surface area contributed by atoms with Crippen LogP contribution in [0.25, 0.3) is 0 Å². The third kappa shape index (κ3) is 2.74. The second kappa shape index (κ2) is 5.41. The number of nitrogens with one attached hydrogen (secondary N) is 2. The number of nitrogens with zero attached hydrogens (tertiary/aromatic N) is 1. The van der Waals surface area contributed by atoms with E-state index in [1.807, 2.05) is 12.1 Å². The van der Waals surface area contributed by atoms with Crippen molar-refractivity contribution in [3.63, 3.8) is 0 Å². The van der Waals surface area contributed by atoms with Gasteiger partial charge in [0, 0.05) is 24.5 Å². The van der Waals surface area contributed by atoms with Crippen LogP contribution < -0.4 is 14.8 Å². The predicted molar refractivity (Wildman–Crippen MR) is 78.3 cm³/mol. The smallest absolute Gasteiger partial charge is 0.161 e. The number of H-pyrrole nitrogens is 1. The molecule has 0 spiro atoms. The molecule has 1 atom stereocenters. The van der Waals surface area contributed by atoms with E-state index in [4.69, 9.17) is 9.47 Å². The van der Waals surface area contributed by atoms with Gasteiger partial charge >= 0.3 is 0 Å². The van der Waals surface area contributed by atoms with Crippen LogP contribution in [0, 0.1) is 5.92 Å². The predicted octanol–water partition coefficient (Wildman–Crippen LogP) is 2.42. The van der Waals surface area contributed by atoms with E-state index in [2.05, 4.69) is 27.6 Å². The molecule has 4 rings (SSSR count). The van der Waals surface area contributed by atoms with Crippen molar-refractivity contribution in [2.24, 2.45) is 5.92 Å². The quantitative estimate of drug-likeness (QED) is 0.886. The Hall–Kier alpha value is -2.01. The van der Waals surface area contributed by atoms with Crippen LogP contribution in [-0.2, 0) is 6.54 Å². The lowest BCUT2D eigenvalue weighted by atomic mass is 10.0. The number of hydrogen-bond donors (Lipinski definition) is 2. The van der Waals surface area contributed by atoms with Crippen LogP contribution in [0.15, 0.2) is 30.5 Å². The van der Waals surface area contributed by atoms with Crippen LogP contribution in [0.1, 0.15) is 30.1 Å². The lowest BCUT2D eigenvalue weighted by molar-refractivity contribution is 0.171. The van der Waals surface area contributed by atoms with Crippen LogP contribution in [-0.4, -0.2) is 23.4 Å². The molecule has 2 aliphatic rings. The molecule has 1 unspecified atom stereocenters. The molecule has 0 saturated heterocycles. The van der Waals surface area contributed by atoms with Gasteiger partial charge in [0.15, 0.2) is 11.5 Å². The zero-order chi connectivity index (χ0) is 14.1. The fourth-order valence-corrected chi connectivity index (χ4v) is 2.84. The van der Waals surface area contributed by atoms with E-state index in [1.165, 1.54) is 18.4 Å². The molecule has 110 valence electrons. The fraction of sp³-hybridized carbons (Fsp3) is 0.438. The number of aromatic nitrogens is 2. The van der Waals surface area contributed by atoms with Gasteiger partial charge in [-0.25, -0.2) is 0 Å². The second-order valence-electron chi connectivity index (χ2n) is 5.68. The average molecular weight is 285 g/mol. The molecule has 5 heteroatoms. The normalized spacial score (nSPS) is 18.5. The van der Waals surface area contributed by atoms with E-state index in [-0.39, 0.29) is 0 Å². The lowest BCUT2D eigenvalue weighted by Gasteiger charge is -2.23. The van der Waals surface area contributed by atoms with Gasteiger partial charge in [-0.2, -0.15) is 5.10 Å². The molecule has 0 radical (unpaired) electrons. The summed E-state index contributed by atoms with van der Waals surface area (Å²) in [5, 5.41) is 10.6. The third-order valence-electron chi connectivity index (χ3n) is 4.09. The third-order valence-corrected chi connectivity index (χ3v) is 4.09. The molecule has 5 nitrogen and oxygen atoms in total. The van der Waals surface area contributed by atoms with Crippen LogP contribution in [0.3, 0.4) is 0 Å². The standard InChI is InChI=1S/C16H19N3O2/c1-2-11(1)16(17-10-13-5-6-18-19-13)12-3-4-14-15(9-12)21-8-7-20-14/h3-6,9,11,16-17H,1-2,7-8,10H2,(H,18,19). The minimum absolute atomic E-state index is 0.365. The summed E-state index contributed by atoms with van der Waals surface area (Å²) in [7, 11) is 0. The van der Waals surface area contributed by atoms with Gasteiger partial charge in [-0.05, 0) is 42.5 Å². The maximum atomic E-state index is 5.70. The van der Waals surface area contributed by atoms with Crippen LogP contribution in [0.4, 0.5) is 0 Å². The number of ether oxygens (including phenoxy) is 2. The summed E-state index contributed by atoms with van der Waals surface area (Å²) < 4.78 is 11.3. The average Bonchev–Trinajstić information content (AvgIpc) is 3.23. The zero-order valence-electron chi connectivity index (χ0n) is 11.8. The molecule has 1 fully saturated rings. The maximum absolute atomic E-state index is 5.70. The molecule has 1 aromatic heterocycles.